The molecule has 1 rings (SSSR count). The number of halogens is 2. The van der Waals surface area contributed by atoms with Crippen LogP contribution in [0.3, 0.4) is 0 Å². The highest BCUT2D eigenvalue weighted by Gasteiger charge is 2.07. The molecule has 0 saturated carbocycles. The third-order valence-electron chi connectivity index (χ3n) is 2.26. The highest BCUT2D eigenvalue weighted by atomic mass is 35.5. The Morgan fingerprint density at radius 2 is 2.12 bits per heavy atom. The van der Waals surface area contributed by atoms with E-state index < -0.39 is 0 Å². The van der Waals surface area contributed by atoms with Gasteiger partial charge >= 0.3 is 0 Å². The number of hydrogen-bond acceptors (Lipinski definition) is 2. The van der Waals surface area contributed by atoms with Gasteiger partial charge in [-0.2, -0.15) is 0 Å². The van der Waals surface area contributed by atoms with Crippen LogP contribution in [0.4, 0.5) is 0 Å². The van der Waals surface area contributed by atoms with Crippen molar-refractivity contribution in [1.82, 2.24) is 5.32 Å². The predicted molar refractivity (Wildman–Crippen MR) is 74.2 cm³/mol. The van der Waals surface area contributed by atoms with E-state index in [4.69, 9.17) is 27.9 Å². The summed E-state index contributed by atoms with van der Waals surface area (Å²) in [7, 11) is 1.92. The Morgan fingerprint density at radius 3 is 2.71 bits per heavy atom. The topological polar surface area (TPSA) is 21.3 Å². The SMILES string of the molecule is CC=CC(CCNC)Oc1ccc(Cl)c(Cl)c1. The van der Waals surface area contributed by atoms with Gasteiger partial charge in [-0.1, -0.05) is 29.3 Å². The first kappa shape index (κ1) is 14.4. The largest absolute Gasteiger partial charge is 0.486 e. The average molecular weight is 274 g/mol. The fourth-order valence-corrected chi connectivity index (χ4v) is 1.71. The van der Waals surface area contributed by atoms with Crippen LogP contribution in [0.1, 0.15) is 13.3 Å². The molecule has 4 heteroatoms. The first-order valence-electron chi connectivity index (χ1n) is 5.56. The maximum atomic E-state index is 5.94. The minimum atomic E-state index is 0.0460. The number of rotatable bonds is 6. The summed E-state index contributed by atoms with van der Waals surface area (Å²) in [4.78, 5) is 0. The molecular formula is C13H17Cl2NO. The summed E-state index contributed by atoms with van der Waals surface area (Å²) >= 11 is 11.8. The van der Waals surface area contributed by atoms with Gasteiger partial charge in [0, 0.05) is 12.5 Å². The lowest BCUT2D eigenvalue weighted by Gasteiger charge is -2.16. The van der Waals surface area contributed by atoms with Crippen LogP contribution in [0.5, 0.6) is 5.75 Å². The molecule has 1 atom stereocenters. The predicted octanol–water partition coefficient (Wildman–Crippen LogP) is 3.93. The number of nitrogens with one attached hydrogen (secondary N) is 1. The molecule has 0 bridgehead atoms. The molecule has 0 radical (unpaired) electrons. The number of allylic oxidation sites excluding steroid dienone is 1. The molecule has 1 N–H and O–H groups in total. The molecule has 0 spiro atoms. The third kappa shape index (κ3) is 4.99. The minimum Gasteiger partial charge on any atom is -0.486 e. The second-order valence-electron chi connectivity index (χ2n) is 3.65. The molecule has 0 aliphatic heterocycles. The fourth-order valence-electron chi connectivity index (χ4n) is 1.42. The van der Waals surface area contributed by atoms with E-state index in [-0.39, 0.29) is 6.10 Å². The van der Waals surface area contributed by atoms with E-state index in [1.54, 1.807) is 12.1 Å². The number of ether oxygens (including phenoxy) is 1. The van der Waals surface area contributed by atoms with E-state index >= 15 is 0 Å². The van der Waals surface area contributed by atoms with Crippen LogP contribution in [-0.2, 0) is 0 Å². The molecule has 1 aromatic carbocycles. The van der Waals surface area contributed by atoms with Gasteiger partial charge in [-0.05, 0) is 38.7 Å². The van der Waals surface area contributed by atoms with Crippen molar-refractivity contribution in [3.63, 3.8) is 0 Å². The Kier molecular flexibility index (Phi) is 6.41. The first-order valence-corrected chi connectivity index (χ1v) is 6.32. The molecule has 94 valence electrons. The molecule has 0 amide bonds. The van der Waals surface area contributed by atoms with Gasteiger partial charge in [0.2, 0.25) is 0 Å². The molecule has 0 heterocycles. The summed E-state index contributed by atoms with van der Waals surface area (Å²) in [5.41, 5.74) is 0. The first-order chi connectivity index (χ1) is 8.17. The molecule has 17 heavy (non-hydrogen) atoms. The lowest BCUT2D eigenvalue weighted by atomic mass is 10.2. The molecule has 2 nitrogen and oxygen atoms in total. The van der Waals surface area contributed by atoms with Gasteiger partial charge in [-0.15, -0.1) is 0 Å². The van der Waals surface area contributed by atoms with Crippen molar-refractivity contribution in [3.8, 4) is 5.75 Å². The van der Waals surface area contributed by atoms with E-state index in [9.17, 15) is 0 Å². The molecule has 0 saturated heterocycles. The number of benzene rings is 1. The van der Waals surface area contributed by atoms with Gasteiger partial charge in [-0.25, -0.2) is 0 Å². The molecule has 0 aliphatic carbocycles. The Balaban J connectivity index is 2.67. The van der Waals surface area contributed by atoms with Crippen LogP contribution < -0.4 is 10.1 Å². The van der Waals surface area contributed by atoms with E-state index in [1.165, 1.54) is 0 Å². The summed E-state index contributed by atoms with van der Waals surface area (Å²) in [6.07, 6.45) is 4.96. The van der Waals surface area contributed by atoms with Crippen LogP contribution in [0, 0.1) is 0 Å². The van der Waals surface area contributed by atoms with Gasteiger partial charge < -0.3 is 10.1 Å². The molecule has 0 fully saturated rings. The van der Waals surface area contributed by atoms with Gasteiger partial charge in [0.25, 0.3) is 0 Å². The fraction of sp³-hybridized carbons (Fsp3) is 0.385. The van der Waals surface area contributed by atoms with Crippen LogP contribution in [0.15, 0.2) is 30.4 Å². The van der Waals surface area contributed by atoms with Crippen molar-refractivity contribution >= 4 is 23.2 Å². The second-order valence-corrected chi connectivity index (χ2v) is 4.46. The average Bonchev–Trinajstić information content (AvgIpc) is 2.31. The highest BCUT2D eigenvalue weighted by molar-refractivity contribution is 6.42. The summed E-state index contributed by atoms with van der Waals surface area (Å²) in [5, 5.41) is 4.15. The lowest BCUT2D eigenvalue weighted by molar-refractivity contribution is 0.238. The zero-order valence-electron chi connectivity index (χ0n) is 10.0. The quantitative estimate of drug-likeness (QED) is 0.794. The van der Waals surface area contributed by atoms with E-state index in [0.29, 0.717) is 10.0 Å². The summed E-state index contributed by atoms with van der Waals surface area (Å²) in [6, 6.07) is 5.30. The Hall–Kier alpha value is -0.700. The van der Waals surface area contributed by atoms with E-state index in [2.05, 4.69) is 5.32 Å². The minimum absolute atomic E-state index is 0.0460. The standard InChI is InChI=1S/C13H17Cl2NO/c1-3-4-10(7-8-16-2)17-11-5-6-12(14)13(15)9-11/h3-6,9-10,16H,7-8H2,1-2H3. The van der Waals surface area contributed by atoms with Crippen molar-refractivity contribution in [2.75, 3.05) is 13.6 Å². The summed E-state index contributed by atoms with van der Waals surface area (Å²) in [5.74, 6) is 0.735. The molecular weight excluding hydrogens is 257 g/mol. The molecule has 1 unspecified atom stereocenters. The third-order valence-corrected chi connectivity index (χ3v) is 3.00. The van der Waals surface area contributed by atoms with Crippen LogP contribution in [-0.4, -0.2) is 19.7 Å². The Bertz CT molecular complexity index is 380. The maximum absolute atomic E-state index is 5.94. The van der Waals surface area contributed by atoms with E-state index in [1.807, 2.05) is 32.2 Å². The van der Waals surface area contributed by atoms with E-state index in [0.717, 1.165) is 18.7 Å². The molecule has 1 aromatic rings. The van der Waals surface area contributed by atoms with Gasteiger partial charge in [-0.3, -0.25) is 0 Å². The van der Waals surface area contributed by atoms with Crippen molar-refractivity contribution in [3.05, 3.63) is 40.4 Å². The van der Waals surface area contributed by atoms with Gasteiger partial charge in [0.1, 0.15) is 11.9 Å². The van der Waals surface area contributed by atoms with Crippen LogP contribution >= 0.6 is 23.2 Å². The molecule has 0 aromatic heterocycles. The monoisotopic (exact) mass is 273 g/mol. The van der Waals surface area contributed by atoms with Crippen molar-refractivity contribution in [2.45, 2.75) is 19.4 Å². The number of hydrogen-bond donors (Lipinski definition) is 1. The Morgan fingerprint density at radius 1 is 1.35 bits per heavy atom. The highest BCUT2D eigenvalue weighted by Crippen LogP contribution is 2.27. The van der Waals surface area contributed by atoms with Crippen LogP contribution in [0.25, 0.3) is 0 Å². The summed E-state index contributed by atoms with van der Waals surface area (Å²) in [6.45, 7) is 2.88. The van der Waals surface area contributed by atoms with Gasteiger partial charge in [0.15, 0.2) is 0 Å². The normalized spacial score (nSPS) is 12.9. The Labute approximate surface area is 113 Å². The maximum Gasteiger partial charge on any atom is 0.121 e. The zero-order chi connectivity index (χ0) is 12.7. The van der Waals surface area contributed by atoms with Crippen molar-refractivity contribution in [1.29, 1.82) is 0 Å². The van der Waals surface area contributed by atoms with Crippen LogP contribution in [0.2, 0.25) is 10.0 Å². The van der Waals surface area contributed by atoms with Crippen molar-refractivity contribution in [2.24, 2.45) is 0 Å². The molecule has 0 aliphatic rings. The smallest absolute Gasteiger partial charge is 0.121 e. The van der Waals surface area contributed by atoms with Crippen molar-refractivity contribution < 1.29 is 4.74 Å². The second kappa shape index (κ2) is 7.59. The lowest BCUT2D eigenvalue weighted by Crippen LogP contribution is -2.20. The summed E-state index contributed by atoms with van der Waals surface area (Å²) < 4.78 is 5.82. The van der Waals surface area contributed by atoms with Gasteiger partial charge in [0.05, 0.1) is 10.0 Å². The zero-order valence-corrected chi connectivity index (χ0v) is 11.6.